The van der Waals surface area contributed by atoms with Crippen LogP contribution in [0.5, 0.6) is 0 Å². The first-order chi connectivity index (χ1) is 9.65. The summed E-state index contributed by atoms with van der Waals surface area (Å²) in [5.74, 6) is 0.505. The number of nitrogens with two attached hydrogens (primary N) is 1. The second-order valence-corrected chi connectivity index (χ2v) is 5.60. The number of nitrogen functional groups attached to an aromatic ring is 1. The average molecular weight is 291 g/mol. The van der Waals surface area contributed by atoms with E-state index in [-0.39, 0.29) is 5.82 Å². The van der Waals surface area contributed by atoms with Crippen molar-refractivity contribution in [2.24, 2.45) is 5.92 Å². The lowest BCUT2D eigenvalue weighted by molar-refractivity contribution is 0.628. The second kappa shape index (κ2) is 5.33. The van der Waals surface area contributed by atoms with Crippen molar-refractivity contribution in [2.45, 2.75) is 12.8 Å². The van der Waals surface area contributed by atoms with Gasteiger partial charge >= 0.3 is 0 Å². The van der Waals surface area contributed by atoms with Crippen LogP contribution in [-0.4, -0.2) is 6.54 Å². The number of halogens is 2. The van der Waals surface area contributed by atoms with Gasteiger partial charge in [-0.15, -0.1) is 0 Å². The zero-order valence-electron chi connectivity index (χ0n) is 11.0. The Morgan fingerprint density at radius 3 is 2.50 bits per heavy atom. The Balaban J connectivity index is 1.88. The molecule has 1 saturated carbocycles. The molecule has 1 aliphatic rings. The molecule has 4 heteroatoms. The van der Waals surface area contributed by atoms with Gasteiger partial charge in [-0.05, 0) is 42.5 Å². The first-order valence-electron chi connectivity index (χ1n) is 6.73. The van der Waals surface area contributed by atoms with Crippen molar-refractivity contribution < 1.29 is 4.39 Å². The van der Waals surface area contributed by atoms with Gasteiger partial charge in [0.2, 0.25) is 0 Å². The van der Waals surface area contributed by atoms with Gasteiger partial charge in [-0.1, -0.05) is 29.8 Å². The van der Waals surface area contributed by atoms with Crippen LogP contribution in [0.1, 0.15) is 12.8 Å². The van der Waals surface area contributed by atoms with E-state index in [9.17, 15) is 4.39 Å². The highest BCUT2D eigenvalue weighted by molar-refractivity contribution is 6.36. The van der Waals surface area contributed by atoms with Crippen LogP contribution in [0.25, 0.3) is 11.1 Å². The van der Waals surface area contributed by atoms with Gasteiger partial charge in [-0.3, -0.25) is 0 Å². The Hall–Kier alpha value is -1.74. The molecule has 3 N–H and O–H groups in total. The summed E-state index contributed by atoms with van der Waals surface area (Å²) in [6, 6.07) is 10.1. The van der Waals surface area contributed by atoms with Crippen LogP contribution < -0.4 is 11.1 Å². The minimum absolute atomic E-state index is 0.263. The molecule has 0 bridgehead atoms. The SMILES string of the molecule is Nc1c(NCC2CC2)ccc(-c2ccc(F)cc2)c1Cl. The van der Waals surface area contributed by atoms with Gasteiger partial charge in [0.05, 0.1) is 16.4 Å². The van der Waals surface area contributed by atoms with Crippen molar-refractivity contribution in [1.29, 1.82) is 0 Å². The summed E-state index contributed by atoms with van der Waals surface area (Å²) >= 11 is 6.34. The summed E-state index contributed by atoms with van der Waals surface area (Å²) < 4.78 is 13.0. The zero-order chi connectivity index (χ0) is 14.1. The minimum Gasteiger partial charge on any atom is -0.396 e. The Bertz CT molecular complexity index is 621. The van der Waals surface area contributed by atoms with Crippen LogP contribution in [0.3, 0.4) is 0 Å². The summed E-state index contributed by atoms with van der Waals surface area (Å²) in [7, 11) is 0. The van der Waals surface area contributed by atoms with Gasteiger partial charge < -0.3 is 11.1 Å². The quantitative estimate of drug-likeness (QED) is 0.811. The molecule has 0 unspecified atom stereocenters. The molecule has 0 aromatic heterocycles. The van der Waals surface area contributed by atoms with Crippen molar-refractivity contribution in [3.8, 4) is 11.1 Å². The van der Waals surface area contributed by atoms with Crippen LogP contribution in [0, 0.1) is 11.7 Å². The van der Waals surface area contributed by atoms with E-state index in [0.717, 1.165) is 29.3 Å². The monoisotopic (exact) mass is 290 g/mol. The number of benzene rings is 2. The number of hydrogen-bond donors (Lipinski definition) is 2. The van der Waals surface area contributed by atoms with Crippen molar-refractivity contribution in [2.75, 3.05) is 17.6 Å². The van der Waals surface area contributed by atoms with Crippen LogP contribution >= 0.6 is 11.6 Å². The maximum absolute atomic E-state index is 13.0. The van der Waals surface area contributed by atoms with Crippen LogP contribution in [0.15, 0.2) is 36.4 Å². The lowest BCUT2D eigenvalue weighted by atomic mass is 10.0. The first-order valence-corrected chi connectivity index (χ1v) is 7.10. The fourth-order valence-corrected chi connectivity index (χ4v) is 2.45. The highest BCUT2D eigenvalue weighted by Crippen LogP contribution is 2.38. The summed E-state index contributed by atoms with van der Waals surface area (Å²) in [6.45, 7) is 0.941. The molecule has 0 amide bonds. The number of nitrogens with one attached hydrogen (secondary N) is 1. The van der Waals surface area contributed by atoms with Gasteiger partial charge in [0, 0.05) is 12.1 Å². The summed E-state index contributed by atoms with van der Waals surface area (Å²) in [6.07, 6.45) is 2.57. The van der Waals surface area contributed by atoms with E-state index in [4.69, 9.17) is 17.3 Å². The third-order valence-corrected chi connectivity index (χ3v) is 4.02. The maximum atomic E-state index is 13.0. The van der Waals surface area contributed by atoms with Crippen LogP contribution in [0.4, 0.5) is 15.8 Å². The Kier molecular flexibility index (Phi) is 3.53. The number of hydrogen-bond acceptors (Lipinski definition) is 2. The predicted molar refractivity (Wildman–Crippen MR) is 82.5 cm³/mol. The molecule has 3 rings (SSSR count). The van der Waals surface area contributed by atoms with Gasteiger partial charge in [0.1, 0.15) is 5.82 Å². The highest BCUT2D eigenvalue weighted by Gasteiger charge is 2.21. The number of anilines is 2. The molecular weight excluding hydrogens is 275 g/mol. The summed E-state index contributed by atoms with van der Waals surface area (Å²) in [4.78, 5) is 0. The topological polar surface area (TPSA) is 38.0 Å². The van der Waals surface area contributed by atoms with Crippen molar-refractivity contribution in [3.05, 3.63) is 47.2 Å². The van der Waals surface area contributed by atoms with Gasteiger partial charge in [-0.25, -0.2) is 4.39 Å². The molecular formula is C16H16ClFN2. The van der Waals surface area contributed by atoms with Gasteiger partial charge in [0.25, 0.3) is 0 Å². The molecule has 20 heavy (non-hydrogen) atoms. The van der Waals surface area contributed by atoms with Crippen molar-refractivity contribution in [1.82, 2.24) is 0 Å². The normalized spacial score (nSPS) is 14.3. The van der Waals surface area contributed by atoms with Crippen LogP contribution in [0.2, 0.25) is 5.02 Å². The average Bonchev–Trinajstić information content (AvgIpc) is 3.26. The fourth-order valence-electron chi connectivity index (χ4n) is 2.18. The van der Waals surface area contributed by atoms with E-state index in [0.29, 0.717) is 10.7 Å². The standard InChI is InChI=1S/C16H16ClFN2/c17-15-13(11-3-5-12(18)6-4-11)7-8-14(16(15)19)20-9-10-1-2-10/h3-8,10,20H,1-2,9,19H2. The largest absolute Gasteiger partial charge is 0.396 e. The lowest BCUT2D eigenvalue weighted by Gasteiger charge is -2.13. The molecule has 1 fully saturated rings. The molecule has 0 spiro atoms. The maximum Gasteiger partial charge on any atom is 0.123 e. The first kappa shape index (κ1) is 13.3. The second-order valence-electron chi connectivity index (χ2n) is 5.22. The smallest absolute Gasteiger partial charge is 0.123 e. The third-order valence-electron chi connectivity index (χ3n) is 3.61. The molecule has 0 heterocycles. The van der Waals surface area contributed by atoms with Crippen molar-refractivity contribution in [3.63, 3.8) is 0 Å². The molecule has 1 aliphatic carbocycles. The minimum atomic E-state index is -0.263. The van der Waals surface area contributed by atoms with E-state index in [1.807, 2.05) is 12.1 Å². The molecule has 2 aromatic carbocycles. The summed E-state index contributed by atoms with van der Waals surface area (Å²) in [5.41, 5.74) is 9.19. The Morgan fingerprint density at radius 2 is 1.85 bits per heavy atom. The predicted octanol–water partition coefficient (Wildman–Crippen LogP) is 4.55. The molecule has 2 nitrogen and oxygen atoms in total. The van der Waals surface area contributed by atoms with Crippen molar-refractivity contribution >= 4 is 23.0 Å². The van der Waals surface area contributed by atoms with Gasteiger partial charge in [0.15, 0.2) is 0 Å². The van der Waals surface area contributed by atoms with Crippen LogP contribution in [-0.2, 0) is 0 Å². The molecule has 0 saturated heterocycles. The van der Waals surface area contributed by atoms with E-state index >= 15 is 0 Å². The van der Waals surface area contributed by atoms with E-state index in [1.165, 1.54) is 25.0 Å². The number of rotatable bonds is 4. The fraction of sp³-hybridized carbons (Fsp3) is 0.250. The zero-order valence-corrected chi connectivity index (χ0v) is 11.8. The molecule has 0 radical (unpaired) electrons. The molecule has 0 aliphatic heterocycles. The van der Waals surface area contributed by atoms with Gasteiger partial charge in [-0.2, -0.15) is 0 Å². The Morgan fingerprint density at radius 1 is 1.15 bits per heavy atom. The molecule has 0 atom stereocenters. The van der Waals surface area contributed by atoms with E-state index < -0.39 is 0 Å². The lowest BCUT2D eigenvalue weighted by Crippen LogP contribution is -2.06. The Labute approximate surface area is 122 Å². The molecule has 104 valence electrons. The van der Waals surface area contributed by atoms with E-state index in [1.54, 1.807) is 12.1 Å². The summed E-state index contributed by atoms with van der Waals surface area (Å²) in [5, 5.41) is 3.85. The van der Waals surface area contributed by atoms with E-state index in [2.05, 4.69) is 5.32 Å². The third kappa shape index (κ3) is 2.73. The highest BCUT2D eigenvalue weighted by atomic mass is 35.5. The molecule has 2 aromatic rings.